The van der Waals surface area contributed by atoms with Crippen molar-refractivity contribution in [2.45, 2.75) is 5.03 Å². The van der Waals surface area contributed by atoms with Crippen LogP contribution < -0.4 is 5.73 Å². The maximum Gasteiger partial charge on any atom is 0.346 e. The maximum atomic E-state index is 11.1. The summed E-state index contributed by atoms with van der Waals surface area (Å²) in [4.78, 5) is 11.1. The Labute approximate surface area is 79.7 Å². The van der Waals surface area contributed by atoms with Crippen molar-refractivity contribution in [3.63, 3.8) is 0 Å². The minimum Gasteiger partial charge on any atom is -0.465 e. The Morgan fingerprint density at radius 2 is 2.14 bits per heavy atom. The van der Waals surface area contributed by atoms with Crippen molar-refractivity contribution in [2.24, 2.45) is 0 Å². The van der Waals surface area contributed by atoms with Crippen molar-refractivity contribution >= 4 is 21.7 Å². The van der Waals surface area contributed by atoms with Gasteiger partial charge in [0.25, 0.3) is 0 Å². The third kappa shape index (κ3) is 1.69. The van der Waals surface area contributed by atoms with Crippen LogP contribution in [0.5, 0.6) is 0 Å². The third-order valence-electron chi connectivity index (χ3n) is 1.43. The van der Waals surface area contributed by atoms with E-state index in [1.54, 1.807) is 0 Å². The highest BCUT2D eigenvalue weighted by Crippen LogP contribution is 2.21. The van der Waals surface area contributed by atoms with Gasteiger partial charge in [0.05, 0.1) is 7.11 Å². The second-order valence-electron chi connectivity index (χ2n) is 2.49. The highest BCUT2D eigenvalue weighted by molar-refractivity contribution is 7.90. The number of hydrogen-bond donors (Lipinski definition) is 1. The summed E-state index contributed by atoms with van der Waals surface area (Å²) in [5, 5.41) is 2.66. The first-order chi connectivity index (χ1) is 6.38. The van der Waals surface area contributed by atoms with Gasteiger partial charge in [-0.1, -0.05) is 5.16 Å². The van der Waals surface area contributed by atoms with E-state index in [4.69, 9.17) is 5.73 Å². The molecule has 0 fully saturated rings. The topological polar surface area (TPSA) is 112 Å². The Hall–Kier alpha value is -1.57. The molecule has 0 saturated carbocycles. The molecule has 0 aliphatic rings. The smallest absolute Gasteiger partial charge is 0.346 e. The van der Waals surface area contributed by atoms with E-state index in [1.807, 2.05) is 0 Å². The molecule has 0 saturated heterocycles. The number of aromatic nitrogens is 1. The van der Waals surface area contributed by atoms with Gasteiger partial charge in [-0.05, 0) is 0 Å². The molecule has 7 nitrogen and oxygen atoms in total. The predicted octanol–water partition coefficient (Wildman–Crippen LogP) is -0.553. The number of esters is 1. The molecule has 0 amide bonds. The Morgan fingerprint density at radius 1 is 1.57 bits per heavy atom. The molecule has 0 atom stereocenters. The molecule has 1 heterocycles. The fraction of sp³-hybridized carbons (Fsp3) is 0.333. The van der Waals surface area contributed by atoms with E-state index < -0.39 is 20.8 Å². The molecule has 2 N–H and O–H groups in total. The lowest BCUT2D eigenvalue weighted by Crippen LogP contribution is -2.09. The van der Waals surface area contributed by atoms with Crippen molar-refractivity contribution in [1.29, 1.82) is 0 Å². The molecule has 8 heteroatoms. The summed E-state index contributed by atoms with van der Waals surface area (Å²) in [6.07, 6.45) is 0.886. The van der Waals surface area contributed by atoms with Gasteiger partial charge < -0.3 is 15.0 Å². The Balaban J connectivity index is 3.42. The zero-order valence-corrected chi connectivity index (χ0v) is 8.29. The molecule has 78 valence electrons. The lowest BCUT2D eigenvalue weighted by molar-refractivity contribution is 0.0597. The summed E-state index contributed by atoms with van der Waals surface area (Å²) in [6.45, 7) is 0. The molecular weight excluding hydrogens is 212 g/mol. The van der Waals surface area contributed by atoms with Gasteiger partial charge in [0, 0.05) is 6.26 Å². The van der Waals surface area contributed by atoms with Crippen LogP contribution in [0.4, 0.5) is 5.88 Å². The van der Waals surface area contributed by atoms with Gasteiger partial charge in [-0.3, -0.25) is 0 Å². The quantitative estimate of drug-likeness (QED) is 0.665. The van der Waals surface area contributed by atoms with Gasteiger partial charge in [0.1, 0.15) is 0 Å². The average Bonchev–Trinajstić information content (AvgIpc) is 2.45. The number of nitrogens with zero attached hydrogens (tertiary/aromatic N) is 1. The molecular formula is C6H8N2O5S. The number of anilines is 1. The zero-order valence-electron chi connectivity index (χ0n) is 7.47. The van der Waals surface area contributed by atoms with Gasteiger partial charge in [-0.2, -0.15) is 0 Å². The lowest BCUT2D eigenvalue weighted by atomic mass is 10.3. The third-order valence-corrected chi connectivity index (χ3v) is 2.41. The van der Waals surface area contributed by atoms with Gasteiger partial charge in [0.2, 0.25) is 10.9 Å². The van der Waals surface area contributed by atoms with Crippen LogP contribution in [0.15, 0.2) is 9.55 Å². The van der Waals surface area contributed by atoms with Gasteiger partial charge >= 0.3 is 5.97 Å². The molecule has 14 heavy (non-hydrogen) atoms. The van der Waals surface area contributed by atoms with E-state index in [9.17, 15) is 13.2 Å². The number of carbonyl (C=O) groups excluding carboxylic acids is 1. The highest BCUT2D eigenvalue weighted by Gasteiger charge is 2.28. The fourth-order valence-corrected chi connectivity index (χ4v) is 1.56. The average molecular weight is 220 g/mol. The number of carbonyl (C=O) groups is 1. The molecule has 0 unspecified atom stereocenters. The van der Waals surface area contributed by atoms with Gasteiger partial charge in [-0.15, -0.1) is 0 Å². The first-order valence-electron chi connectivity index (χ1n) is 3.41. The summed E-state index contributed by atoms with van der Waals surface area (Å²) in [5.41, 5.74) is 4.85. The lowest BCUT2D eigenvalue weighted by Gasteiger charge is -1.97. The number of sulfone groups is 1. The summed E-state index contributed by atoms with van der Waals surface area (Å²) < 4.78 is 30.9. The SMILES string of the molecule is COC(=O)c1c(S(C)(=O)=O)noc1N. The van der Waals surface area contributed by atoms with Crippen molar-refractivity contribution in [3.8, 4) is 0 Å². The van der Waals surface area contributed by atoms with E-state index in [2.05, 4.69) is 14.4 Å². The summed E-state index contributed by atoms with van der Waals surface area (Å²) in [5.74, 6) is -1.28. The molecule has 1 rings (SSSR count). The summed E-state index contributed by atoms with van der Waals surface area (Å²) >= 11 is 0. The standard InChI is InChI=1S/C6H8N2O5S/c1-12-6(9)3-4(7)13-8-5(3)14(2,10)11/h7H2,1-2H3. The Kier molecular flexibility index (Phi) is 2.47. The van der Waals surface area contributed by atoms with Crippen molar-refractivity contribution in [1.82, 2.24) is 5.16 Å². The van der Waals surface area contributed by atoms with E-state index >= 15 is 0 Å². The zero-order chi connectivity index (χ0) is 10.9. The summed E-state index contributed by atoms with van der Waals surface area (Å²) in [7, 11) is -2.56. The molecule has 1 aromatic heterocycles. The second-order valence-corrected chi connectivity index (χ2v) is 4.42. The molecule has 0 spiro atoms. The van der Waals surface area contributed by atoms with Crippen molar-refractivity contribution < 1.29 is 22.5 Å². The Morgan fingerprint density at radius 3 is 2.57 bits per heavy atom. The molecule has 0 aliphatic carbocycles. The molecule has 1 aromatic rings. The number of ether oxygens (including phenoxy) is 1. The van der Waals surface area contributed by atoms with E-state index in [0.29, 0.717) is 0 Å². The molecule has 0 radical (unpaired) electrons. The first kappa shape index (κ1) is 10.5. The van der Waals surface area contributed by atoms with Crippen LogP contribution in [0.2, 0.25) is 0 Å². The van der Waals surface area contributed by atoms with Gasteiger partial charge in [0.15, 0.2) is 15.4 Å². The minimum atomic E-state index is -3.65. The predicted molar refractivity (Wildman–Crippen MR) is 45.4 cm³/mol. The fourth-order valence-electron chi connectivity index (χ4n) is 0.830. The first-order valence-corrected chi connectivity index (χ1v) is 5.30. The molecule has 0 aliphatic heterocycles. The van der Waals surface area contributed by atoms with Crippen LogP contribution in [-0.2, 0) is 14.6 Å². The maximum absolute atomic E-state index is 11.1. The monoisotopic (exact) mass is 220 g/mol. The minimum absolute atomic E-state index is 0.366. The second kappa shape index (κ2) is 3.29. The van der Waals surface area contributed by atoms with E-state index in [-0.39, 0.29) is 11.4 Å². The number of nitrogens with two attached hydrogens (primary N) is 1. The normalized spacial score (nSPS) is 11.3. The summed E-state index contributed by atoms with van der Waals surface area (Å²) in [6, 6.07) is 0. The number of rotatable bonds is 2. The van der Waals surface area contributed by atoms with Crippen LogP contribution in [0, 0.1) is 0 Å². The van der Waals surface area contributed by atoms with Crippen LogP contribution in [0.1, 0.15) is 10.4 Å². The van der Waals surface area contributed by atoms with Crippen molar-refractivity contribution in [2.75, 3.05) is 19.1 Å². The number of hydrogen-bond acceptors (Lipinski definition) is 7. The number of nitrogen functional groups attached to an aromatic ring is 1. The molecule has 0 aromatic carbocycles. The van der Waals surface area contributed by atoms with Crippen LogP contribution in [-0.4, -0.2) is 32.9 Å². The van der Waals surface area contributed by atoms with Gasteiger partial charge in [-0.25, -0.2) is 13.2 Å². The van der Waals surface area contributed by atoms with E-state index in [1.165, 1.54) is 0 Å². The van der Waals surface area contributed by atoms with Crippen molar-refractivity contribution in [3.05, 3.63) is 5.56 Å². The van der Waals surface area contributed by atoms with Crippen LogP contribution >= 0.6 is 0 Å². The van der Waals surface area contributed by atoms with E-state index in [0.717, 1.165) is 13.4 Å². The largest absolute Gasteiger partial charge is 0.465 e. The van der Waals surface area contributed by atoms with Crippen LogP contribution in [0.25, 0.3) is 0 Å². The molecule has 0 bridgehead atoms. The van der Waals surface area contributed by atoms with Crippen LogP contribution in [0.3, 0.4) is 0 Å². The highest BCUT2D eigenvalue weighted by atomic mass is 32.2. The Bertz CT molecular complexity index is 461. The number of methoxy groups -OCH3 is 1.